The lowest BCUT2D eigenvalue weighted by Gasteiger charge is -2.20. The summed E-state index contributed by atoms with van der Waals surface area (Å²) in [5.74, 6) is 0.648. The van der Waals surface area contributed by atoms with Crippen LogP contribution in [0.1, 0.15) is 35.8 Å². The number of aromatic nitrogens is 1. The van der Waals surface area contributed by atoms with Crippen molar-refractivity contribution in [1.29, 1.82) is 0 Å². The van der Waals surface area contributed by atoms with Crippen molar-refractivity contribution >= 4 is 17.3 Å². The van der Waals surface area contributed by atoms with Gasteiger partial charge in [0.15, 0.2) is 17.5 Å². The van der Waals surface area contributed by atoms with Gasteiger partial charge in [-0.25, -0.2) is 14.4 Å². The standard InChI is InChI=1S/C19H27FN4OS/c1-5-15(25-17-10-8-7-9-16(17)20)11-22-19(21-6-2)23-12-18-13(3)24-14(4)26-18/h7-10,15H,5-6,11-12H2,1-4H3,(H2,21,22,23). The van der Waals surface area contributed by atoms with E-state index in [1.807, 2.05) is 27.7 Å². The third-order valence-electron chi connectivity index (χ3n) is 3.81. The van der Waals surface area contributed by atoms with Crippen LogP contribution in [0.25, 0.3) is 0 Å². The summed E-state index contributed by atoms with van der Waals surface area (Å²) in [5.41, 5.74) is 1.03. The summed E-state index contributed by atoms with van der Waals surface area (Å²) >= 11 is 1.67. The minimum Gasteiger partial charge on any atom is -0.486 e. The van der Waals surface area contributed by atoms with E-state index >= 15 is 0 Å². The molecule has 7 heteroatoms. The van der Waals surface area contributed by atoms with Crippen molar-refractivity contribution in [1.82, 2.24) is 15.6 Å². The number of para-hydroxylation sites is 1. The predicted octanol–water partition coefficient (Wildman–Crippen LogP) is 3.81. The van der Waals surface area contributed by atoms with E-state index in [1.54, 1.807) is 29.5 Å². The van der Waals surface area contributed by atoms with E-state index in [0.717, 1.165) is 28.5 Å². The molecule has 2 N–H and O–H groups in total. The first-order chi connectivity index (χ1) is 12.5. The van der Waals surface area contributed by atoms with Crippen molar-refractivity contribution in [3.63, 3.8) is 0 Å². The molecule has 0 radical (unpaired) electrons. The van der Waals surface area contributed by atoms with Crippen molar-refractivity contribution < 1.29 is 9.13 Å². The monoisotopic (exact) mass is 378 g/mol. The molecule has 0 fully saturated rings. The van der Waals surface area contributed by atoms with E-state index in [2.05, 4.69) is 20.6 Å². The minimum absolute atomic E-state index is 0.150. The van der Waals surface area contributed by atoms with E-state index in [1.165, 1.54) is 6.07 Å². The van der Waals surface area contributed by atoms with Gasteiger partial charge >= 0.3 is 0 Å². The summed E-state index contributed by atoms with van der Waals surface area (Å²) < 4.78 is 19.5. The zero-order valence-corrected chi connectivity index (χ0v) is 16.6. The van der Waals surface area contributed by atoms with E-state index in [9.17, 15) is 4.39 Å². The summed E-state index contributed by atoms with van der Waals surface area (Å²) in [6, 6.07) is 6.47. The lowest BCUT2D eigenvalue weighted by molar-refractivity contribution is 0.191. The van der Waals surface area contributed by atoms with Gasteiger partial charge in [-0.05, 0) is 39.3 Å². The second-order valence-corrected chi connectivity index (χ2v) is 7.18. The van der Waals surface area contributed by atoms with Gasteiger partial charge in [-0.15, -0.1) is 11.3 Å². The Hall–Kier alpha value is -2.15. The molecule has 2 aromatic rings. The third-order valence-corrected chi connectivity index (χ3v) is 4.87. The minimum atomic E-state index is -0.345. The number of guanidine groups is 1. The van der Waals surface area contributed by atoms with Crippen LogP contribution in [0.15, 0.2) is 29.3 Å². The van der Waals surface area contributed by atoms with Gasteiger partial charge in [0.05, 0.1) is 23.8 Å². The molecule has 0 spiro atoms. The quantitative estimate of drug-likeness (QED) is 0.542. The number of nitrogens with zero attached hydrogens (tertiary/aromatic N) is 2. The van der Waals surface area contributed by atoms with Crippen LogP contribution in [0.5, 0.6) is 5.75 Å². The smallest absolute Gasteiger partial charge is 0.191 e. The van der Waals surface area contributed by atoms with Gasteiger partial charge in [0, 0.05) is 11.4 Å². The Bertz CT molecular complexity index is 732. The molecule has 1 heterocycles. The van der Waals surface area contributed by atoms with Crippen LogP contribution in [-0.4, -0.2) is 30.1 Å². The number of benzene rings is 1. The highest BCUT2D eigenvalue weighted by atomic mass is 32.1. The fourth-order valence-electron chi connectivity index (χ4n) is 2.41. The zero-order valence-electron chi connectivity index (χ0n) is 15.8. The van der Waals surface area contributed by atoms with Crippen molar-refractivity contribution in [3.8, 4) is 5.75 Å². The van der Waals surface area contributed by atoms with E-state index in [-0.39, 0.29) is 17.7 Å². The van der Waals surface area contributed by atoms with Crippen molar-refractivity contribution in [2.24, 2.45) is 4.99 Å². The molecular formula is C19H27FN4OS. The first-order valence-corrected chi connectivity index (χ1v) is 9.71. The van der Waals surface area contributed by atoms with Gasteiger partial charge in [-0.3, -0.25) is 0 Å². The maximum absolute atomic E-state index is 13.8. The average Bonchev–Trinajstić information content (AvgIpc) is 2.95. The number of nitrogens with one attached hydrogen (secondary N) is 2. The maximum Gasteiger partial charge on any atom is 0.191 e. The summed E-state index contributed by atoms with van der Waals surface area (Å²) in [5, 5.41) is 7.56. The molecule has 0 amide bonds. The number of aliphatic imine (C=N–C) groups is 1. The van der Waals surface area contributed by atoms with Crippen LogP contribution >= 0.6 is 11.3 Å². The summed E-state index contributed by atoms with van der Waals surface area (Å²) in [6.07, 6.45) is 0.608. The Kier molecular flexibility index (Phi) is 7.84. The van der Waals surface area contributed by atoms with Gasteiger partial charge < -0.3 is 15.4 Å². The lowest BCUT2D eigenvalue weighted by atomic mass is 10.2. The molecule has 1 atom stereocenters. The molecule has 0 aliphatic carbocycles. The first-order valence-electron chi connectivity index (χ1n) is 8.89. The molecule has 5 nitrogen and oxygen atoms in total. The summed E-state index contributed by atoms with van der Waals surface area (Å²) in [6.45, 7) is 9.92. The van der Waals surface area contributed by atoms with Crippen LogP contribution in [0.2, 0.25) is 0 Å². The van der Waals surface area contributed by atoms with Gasteiger partial charge in [0.2, 0.25) is 0 Å². The summed E-state index contributed by atoms with van der Waals surface area (Å²) in [7, 11) is 0. The molecule has 26 heavy (non-hydrogen) atoms. The number of thiazole rings is 1. The van der Waals surface area contributed by atoms with Crippen LogP contribution < -0.4 is 15.4 Å². The Morgan fingerprint density at radius 1 is 1.27 bits per heavy atom. The Morgan fingerprint density at radius 3 is 2.65 bits per heavy atom. The fraction of sp³-hybridized carbons (Fsp3) is 0.474. The second kappa shape index (κ2) is 10.1. The lowest BCUT2D eigenvalue weighted by Crippen LogP contribution is -2.42. The van der Waals surface area contributed by atoms with Crippen LogP contribution in [0, 0.1) is 19.7 Å². The third kappa shape index (κ3) is 5.98. The Morgan fingerprint density at radius 2 is 2.04 bits per heavy atom. The molecule has 1 aromatic carbocycles. The van der Waals surface area contributed by atoms with Gasteiger partial charge in [-0.2, -0.15) is 0 Å². The highest BCUT2D eigenvalue weighted by molar-refractivity contribution is 7.11. The van der Waals surface area contributed by atoms with Gasteiger partial charge in [-0.1, -0.05) is 19.1 Å². The summed E-state index contributed by atoms with van der Waals surface area (Å²) in [4.78, 5) is 10.2. The highest BCUT2D eigenvalue weighted by Gasteiger charge is 2.12. The largest absolute Gasteiger partial charge is 0.486 e. The molecule has 0 aliphatic rings. The number of hydrogen-bond acceptors (Lipinski definition) is 4. The van der Waals surface area contributed by atoms with E-state index < -0.39 is 0 Å². The molecule has 0 aliphatic heterocycles. The van der Waals surface area contributed by atoms with Crippen molar-refractivity contribution in [2.75, 3.05) is 13.1 Å². The van der Waals surface area contributed by atoms with E-state index in [4.69, 9.17) is 4.74 Å². The van der Waals surface area contributed by atoms with Crippen molar-refractivity contribution in [2.45, 2.75) is 46.8 Å². The molecular weight excluding hydrogens is 351 g/mol. The number of ether oxygens (including phenoxy) is 1. The average molecular weight is 379 g/mol. The zero-order chi connectivity index (χ0) is 18.9. The number of aryl methyl sites for hydroxylation is 2. The first kappa shape index (κ1) is 20.2. The van der Waals surface area contributed by atoms with Crippen LogP contribution in [0.3, 0.4) is 0 Å². The molecule has 0 saturated heterocycles. The van der Waals surface area contributed by atoms with Crippen LogP contribution in [0.4, 0.5) is 4.39 Å². The van der Waals surface area contributed by atoms with Gasteiger partial charge in [0.1, 0.15) is 6.10 Å². The SMILES string of the molecule is CCNC(=NCc1sc(C)nc1C)NCC(CC)Oc1ccccc1F. The molecule has 0 saturated carbocycles. The van der Waals surface area contributed by atoms with Gasteiger partial charge in [0.25, 0.3) is 0 Å². The number of hydrogen-bond donors (Lipinski definition) is 2. The highest BCUT2D eigenvalue weighted by Crippen LogP contribution is 2.18. The molecule has 0 bridgehead atoms. The predicted molar refractivity (Wildman–Crippen MR) is 106 cm³/mol. The second-order valence-electron chi connectivity index (χ2n) is 5.90. The molecule has 2 rings (SSSR count). The molecule has 1 unspecified atom stereocenters. The maximum atomic E-state index is 13.8. The Balaban J connectivity index is 1.96. The van der Waals surface area contributed by atoms with Crippen LogP contribution in [-0.2, 0) is 6.54 Å². The number of rotatable bonds is 8. The van der Waals surface area contributed by atoms with E-state index in [0.29, 0.717) is 19.0 Å². The Labute approximate surface area is 158 Å². The number of halogens is 1. The normalized spacial score (nSPS) is 12.7. The molecule has 1 aromatic heterocycles. The fourth-order valence-corrected chi connectivity index (χ4v) is 3.27. The molecule has 142 valence electrons. The van der Waals surface area contributed by atoms with Crippen molar-refractivity contribution in [3.05, 3.63) is 45.7 Å². The topological polar surface area (TPSA) is 58.5 Å².